The Bertz CT molecular complexity index is 843. The first kappa shape index (κ1) is 17.7. The van der Waals surface area contributed by atoms with E-state index >= 15 is 0 Å². The molecule has 0 bridgehead atoms. The second kappa shape index (κ2) is 7.40. The molecule has 1 aromatic carbocycles. The summed E-state index contributed by atoms with van der Waals surface area (Å²) in [7, 11) is 1.95. The molecule has 0 aliphatic heterocycles. The minimum atomic E-state index is 0.208. The summed E-state index contributed by atoms with van der Waals surface area (Å²) in [5.41, 5.74) is 4.07. The second-order valence-electron chi connectivity index (χ2n) is 7.17. The third kappa shape index (κ3) is 3.47. The topological polar surface area (TPSA) is 47.7 Å². The lowest BCUT2D eigenvalue weighted by atomic mass is 10.1. The highest BCUT2D eigenvalue weighted by Gasteiger charge is 2.18. The molecule has 0 amide bonds. The van der Waals surface area contributed by atoms with Crippen molar-refractivity contribution in [3.05, 3.63) is 47.7 Å². The molecule has 0 spiro atoms. The van der Waals surface area contributed by atoms with Crippen LogP contribution in [0.25, 0.3) is 10.9 Å². The van der Waals surface area contributed by atoms with Gasteiger partial charge in [-0.2, -0.15) is 5.10 Å². The van der Waals surface area contributed by atoms with E-state index in [1.54, 1.807) is 6.33 Å². The summed E-state index contributed by atoms with van der Waals surface area (Å²) < 4.78 is 4.32. The third-order valence-electron chi connectivity index (χ3n) is 4.90. The minimum Gasteiger partial charge on any atom is -0.344 e. The number of aromatic nitrogens is 4. The van der Waals surface area contributed by atoms with Crippen LogP contribution in [0.1, 0.15) is 50.3 Å². The molecule has 0 saturated carbocycles. The molecule has 0 radical (unpaired) electrons. The number of hydrogen-bond acceptors (Lipinski definition) is 3. The number of nitrogens with zero attached hydrogens (tertiary/aromatic N) is 4. The van der Waals surface area contributed by atoms with Gasteiger partial charge in [-0.05, 0) is 30.9 Å². The van der Waals surface area contributed by atoms with Gasteiger partial charge in [0.2, 0.25) is 0 Å². The molecule has 2 heterocycles. The van der Waals surface area contributed by atoms with Crippen LogP contribution in [0.2, 0.25) is 0 Å². The quantitative estimate of drug-likeness (QED) is 0.708. The minimum absolute atomic E-state index is 0.208. The van der Waals surface area contributed by atoms with Crippen LogP contribution in [0.5, 0.6) is 0 Å². The van der Waals surface area contributed by atoms with E-state index in [-0.39, 0.29) is 6.04 Å². The predicted octanol–water partition coefficient (Wildman–Crippen LogP) is 3.98. The Labute approximate surface area is 150 Å². The van der Waals surface area contributed by atoms with Crippen molar-refractivity contribution in [2.75, 3.05) is 0 Å². The summed E-state index contributed by atoms with van der Waals surface area (Å²) in [4.78, 5) is 4.41. The van der Waals surface area contributed by atoms with Gasteiger partial charge in [-0.1, -0.05) is 39.0 Å². The highest BCUT2D eigenvalue weighted by Crippen LogP contribution is 2.27. The van der Waals surface area contributed by atoms with Crippen molar-refractivity contribution in [3.63, 3.8) is 0 Å². The lowest BCUT2D eigenvalue weighted by Gasteiger charge is -2.16. The van der Waals surface area contributed by atoms with Crippen molar-refractivity contribution in [2.24, 2.45) is 13.0 Å². The van der Waals surface area contributed by atoms with Crippen LogP contribution in [0, 0.1) is 12.8 Å². The van der Waals surface area contributed by atoms with E-state index in [1.165, 1.54) is 22.2 Å². The van der Waals surface area contributed by atoms with Crippen LogP contribution >= 0.6 is 0 Å². The van der Waals surface area contributed by atoms with Gasteiger partial charge in [-0.25, -0.2) is 4.98 Å². The smallest absolute Gasteiger partial charge is 0.143 e. The van der Waals surface area contributed by atoms with Gasteiger partial charge in [0.05, 0.1) is 6.04 Å². The number of hydrogen-bond donors (Lipinski definition) is 1. The Hall–Kier alpha value is -2.14. The number of para-hydroxylation sites is 1. The van der Waals surface area contributed by atoms with E-state index in [0.29, 0.717) is 5.92 Å². The maximum Gasteiger partial charge on any atom is 0.143 e. The number of rotatable bonds is 7. The van der Waals surface area contributed by atoms with Crippen LogP contribution in [0.4, 0.5) is 0 Å². The van der Waals surface area contributed by atoms with Gasteiger partial charge >= 0.3 is 0 Å². The molecule has 5 heteroatoms. The molecule has 0 fully saturated rings. The van der Waals surface area contributed by atoms with Crippen molar-refractivity contribution in [3.8, 4) is 0 Å². The zero-order valence-electron chi connectivity index (χ0n) is 16.0. The van der Waals surface area contributed by atoms with Crippen LogP contribution in [-0.2, 0) is 20.1 Å². The average Bonchev–Trinajstić information content (AvgIpc) is 3.12. The predicted molar refractivity (Wildman–Crippen MR) is 102 cm³/mol. The molecule has 1 atom stereocenters. The van der Waals surface area contributed by atoms with Crippen molar-refractivity contribution in [1.82, 2.24) is 24.6 Å². The first-order valence-corrected chi connectivity index (χ1v) is 9.16. The summed E-state index contributed by atoms with van der Waals surface area (Å²) in [6, 6.07) is 8.93. The van der Waals surface area contributed by atoms with E-state index in [2.05, 4.69) is 71.9 Å². The lowest BCUT2D eigenvalue weighted by Crippen LogP contribution is -2.23. The molecule has 0 aliphatic carbocycles. The molecule has 0 unspecified atom stereocenters. The number of benzene rings is 1. The molecule has 0 aliphatic rings. The van der Waals surface area contributed by atoms with E-state index in [1.807, 2.05) is 11.7 Å². The van der Waals surface area contributed by atoms with Crippen LogP contribution < -0.4 is 5.32 Å². The Kier molecular flexibility index (Phi) is 5.23. The highest BCUT2D eigenvalue weighted by atomic mass is 15.3. The van der Waals surface area contributed by atoms with Gasteiger partial charge in [0.25, 0.3) is 0 Å². The molecule has 134 valence electrons. The Balaban J connectivity index is 1.91. The van der Waals surface area contributed by atoms with Gasteiger partial charge in [0, 0.05) is 36.7 Å². The van der Waals surface area contributed by atoms with Gasteiger partial charge in [0.15, 0.2) is 0 Å². The normalized spacial score (nSPS) is 13.0. The van der Waals surface area contributed by atoms with Crippen molar-refractivity contribution >= 4 is 10.9 Å². The maximum atomic E-state index is 4.41. The molecule has 25 heavy (non-hydrogen) atoms. The summed E-state index contributed by atoms with van der Waals surface area (Å²) >= 11 is 0. The average molecular weight is 339 g/mol. The van der Waals surface area contributed by atoms with E-state index < -0.39 is 0 Å². The molecule has 2 aromatic heterocycles. The molecular weight excluding hydrogens is 310 g/mol. The number of nitrogens with one attached hydrogen (secondary N) is 1. The van der Waals surface area contributed by atoms with E-state index in [0.717, 1.165) is 25.3 Å². The fourth-order valence-electron chi connectivity index (χ4n) is 3.59. The van der Waals surface area contributed by atoms with Crippen molar-refractivity contribution in [2.45, 2.75) is 53.2 Å². The summed E-state index contributed by atoms with van der Waals surface area (Å²) in [5.74, 6) is 1.61. The standard InChI is InChI=1S/C20H29N5/c1-6-18(20-22-13-23-24(20)5)21-11-17-15(4)25(12-14(2)3)19-10-8-7-9-16(17)19/h7-10,13-14,18,21H,6,11-12H2,1-5H3/t18-/m1/s1. The molecular formula is C20H29N5. The van der Waals surface area contributed by atoms with Gasteiger partial charge in [0.1, 0.15) is 12.2 Å². The molecule has 0 saturated heterocycles. The fraction of sp³-hybridized carbons (Fsp3) is 0.500. The van der Waals surface area contributed by atoms with Crippen LogP contribution in [-0.4, -0.2) is 19.3 Å². The largest absolute Gasteiger partial charge is 0.344 e. The Morgan fingerprint density at radius 1 is 1.20 bits per heavy atom. The summed E-state index contributed by atoms with van der Waals surface area (Å²) in [6.07, 6.45) is 2.61. The lowest BCUT2D eigenvalue weighted by molar-refractivity contribution is 0.470. The molecule has 3 rings (SSSR count). The summed E-state index contributed by atoms with van der Waals surface area (Å²) in [6.45, 7) is 10.8. The van der Waals surface area contributed by atoms with Crippen molar-refractivity contribution < 1.29 is 0 Å². The monoisotopic (exact) mass is 339 g/mol. The van der Waals surface area contributed by atoms with Crippen LogP contribution in [0.15, 0.2) is 30.6 Å². The zero-order valence-corrected chi connectivity index (χ0v) is 16.0. The maximum absolute atomic E-state index is 4.41. The molecule has 5 nitrogen and oxygen atoms in total. The highest BCUT2D eigenvalue weighted by molar-refractivity contribution is 5.85. The van der Waals surface area contributed by atoms with Crippen LogP contribution in [0.3, 0.4) is 0 Å². The fourth-order valence-corrected chi connectivity index (χ4v) is 3.59. The number of fused-ring (bicyclic) bond motifs is 1. The van der Waals surface area contributed by atoms with E-state index in [9.17, 15) is 0 Å². The Morgan fingerprint density at radius 2 is 1.96 bits per heavy atom. The molecule has 3 aromatic rings. The zero-order chi connectivity index (χ0) is 18.0. The SMILES string of the molecule is CC[C@@H](NCc1c(C)n(CC(C)C)c2ccccc12)c1ncnn1C. The van der Waals surface area contributed by atoms with E-state index in [4.69, 9.17) is 0 Å². The first-order valence-electron chi connectivity index (χ1n) is 9.16. The van der Waals surface area contributed by atoms with Gasteiger partial charge in [-0.3, -0.25) is 4.68 Å². The summed E-state index contributed by atoms with van der Waals surface area (Å²) in [5, 5.41) is 9.25. The number of aryl methyl sites for hydroxylation is 1. The third-order valence-corrected chi connectivity index (χ3v) is 4.90. The second-order valence-corrected chi connectivity index (χ2v) is 7.17. The van der Waals surface area contributed by atoms with Crippen molar-refractivity contribution in [1.29, 1.82) is 0 Å². The first-order chi connectivity index (χ1) is 12.0. The van der Waals surface area contributed by atoms with Gasteiger partial charge < -0.3 is 9.88 Å². The molecule has 1 N–H and O–H groups in total. The van der Waals surface area contributed by atoms with Gasteiger partial charge in [-0.15, -0.1) is 0 Å². The Morgan fingerprint density at radius 3 is 2.60 bits per heavy atom.